The Bertz CT molecular complexity index is 358. The van der Waals surface area contributed by atoms with E-state index in [9.17, 15) is 0 Å². The second-order valence-electron chi connectivity index (χ2n) is 5.64. The van der Waals surface area contributed by atoms with Crippen LogP contribution in [0.2, 0.25) is 0 Å². The average Bonchev–Trinajstić information content (AvgIpc) is 2.74. The van der Waals surface area contributed by atoms with Crippen LogP contribution in [0, 0.1) is 0 Å². The second-order valence-corrected chi connectivity index (χ2v) is 5.64. The fraction of sp³-hybridized carbons (Fsp3) is 0.786. The number of nitrogens with zero attached hydrogens (tertiary/aromatic N) is 3. The fourth-order valence-electron chi connectivity index (χ4n) is 2.60. The molecule has 0 aromatic carbocycles. The number of nitrogens with one attached hydrogen (secondary N) is 1. The third-order valence-electron chi connectivity index (χ3n) is 3.78. The molecule has 4 heteroatoms. The number of rotatable bonds is 5. The zero-order chi connectivity index (χ0) is 13.0. The summed E-state index contributed by atoms with van der Waals surface area (Å²) >= 11 is 0. The number of hydrogen-bond donors (Lipinski definition) is 1. The minimum absolute atomic E-state index is 0.571. The first kappa shape index (κ1) is 13.6. The van der Waals surface area contributed by atoms with Gasteiger partial charge in [-0.05, 0) is 19.4 Å². The molecule has 1 aliphatic heterocycles. The zero-order valence-corrected chi connectivity index (χ0v) is 11.9. The zero-order valence-electron chi connectivity index (χ0n) is 11.9. The van der Waals surface area contributed by atoms with Gasteiger partial charge in [0, 0.05) is 38.1 Å². The Kier molecular flexibility index (Phi) is 4.78. The Hall–Kier alpha value is -0.870. The van der Waals surface area contributed by atoms with Gasteiger partial charge in [0.05, 0.1) is 6.54 Å². The first-order valence-corrected chi connectivity index (χ1v) is 7.10. The van der Waals surface area contributed by atoms with Crippen LogP contribution in [0.5, 0.6) is 0 Å². The lowest BCUT2D eigenvalue weighted by Crippen LogP contribution is -2.46. The summed E-state index contributed by atoms with van der Waals surface area (Å²) in [7, 11) is 2.08. The minimum Gasteiger partial charge on any atom is -0.337 e. The molecule has 1 N–H and O–H groups in total. The Morgan fingerprint density at radius 3 is 2.94 bits per heavy atom. The van der Waals surface area contributed by atoms with Gasteiger partial charge < -0.3 is 9.88 Å². The van der Waals surface area contributed by atoms with Crippen molar-refractivity contribution in [1.29, 1.82) is 0 Å². The number of aromatic nitrogens is 2. The molecule has 0 saturated carbocycles. The molecular formula is C14H26N4. The molecule has 1 unspecified atom stereocenters. The Morgan fingerprint density at radius 2 is 2.28 bits per heavy atom. The fourth-order valence-corrected chi connectivity index (χ4v) is 2.60. The molecule has 4 nitrogen and oxygen atoms in total. The number of hydrogen-bond acceptors (Lipinski definition) is 3. The summed E-state index contributed by atoms with van der Waals surface area (Å²) in [6.45, 7) is 7.71. The van der Waals surface area contributed by atoms with Gasteiger partial charge in [0.1, 0.15) is 5.82 Å². The SMILES string of the molecule is CC(C)NCC1CCCCN1Cc1nccn1C. The molecule has 102 valence electrons. The summed E-state index contributed by atoms with van der Waals surface area (Å²) < 4.78 is 2.13. The molecule has 2 heterocycles. The van der Waals surface area contributed by atoms with Crippen LogP contribution in [0.3, 0.4) is 0 Å². The van der Waals surface area contributed by atoms with Crippen LogP contribution < -0.4 is 5.32 Å². The number of piperidine rings is 1. The molecule has 0 radical (unpaired) electrons. The lowest BCUT2D eigenvalue weighted by molar-refractivity contribution is 0.131. The van der Waals surface area contributed by atoms with Gasteiger partial charge in [0.15, 0.2) is 0 Å². The maximum Gasteiger partial charge on any atom is 0.122 e. The topological polar surface area (TPSA) is 33.1 Å². The third kappa shape index (κ3) is 3.56. The molecule has 1 saturated heterocycles. The molecule has 0 aliphatic carbocycles. The van der Waals surface area contributed by atoms with Crippen LogP contribution in [0.1, 0.15) is 38.9 Å². The molecule has 2 rings (SSSR count). The van der Waals surface area contributed by atoms with Crippen molar-refractivity contribution in [3.63, 3.8) is 0 Å². The van der Waals surface area contributed by atoms with Crippen molar-refractivity contribution in [2.24, 2.45) is 7.05 Å². The van der Waals surface area contributed by atoms with E-state index in [1.165, 1.54) is 31.6 Å². The first-order chi connectivity index (χ1) is 8.66. The van der Waals surface area contributed by atoms with E-state index in [2.05, 4.69) is 40.7 Å². The van der Waals surface area contributed by atoms with E-state index in [1.807, 2.05) is 12.4 Å². The van der Waals surface area contributed by atoms with Gasteiger partial charge in [-0.25, -0.2) is 4.98 Å². The maximum absolute atomic E-state index is 4.44. The van der Waals surface area contributed by atoms with Gasteiger partial charge >= 0.3 is 0 Å². The Labute approximate surface area is 110 Å². The largest absolute Gasteiger partial charge is 0.337 e. The van der Waals surface area contributed by atoms with E-state index < -0.39 is 0 Å². The van der Waals surface area contributed by atoms with Crippen molar-refractivity contribution < 1.29 is 0 Å². The summed E-state index contributed by atoms with van der Waals surface area (Å²) in [5.41, 5.74) is 0. The highest BCUT2D eigenvalue weighted by atomic mass is 15.2. The van der Waals surface area contributed by atoms with Gasteiger partial charge in [0.25, 0.3) is 0 Å². The standard InChI is InChI=1S/C14H26N4/c1-12(2)16-10-13-6-4-5-8-18(13)11-14-15-7-9-17(14)3/h7,9,12-13,16H,4-6,8,10-11H2,1-3H3. The summed E-state index contributed by atoms with van der Waals surface area (Å²) in [5, 5.41) is 3.57. The average molecular weight is 250 g/mol. The lowest BCUT2D eigenvalue weighted by Gasteiger charge is -2.36. The summed E-state index contributed by atoms with van der Waals surface area (Å²) in [6.07, 6.45) is 7.91. The van der Waals surface area contributed by atoms with Crippen molar-refractivity contribution in [3.8, 4) is 0 Å². The normalized spacial score (nSPS) is 21.7. The maximum atomic E-state index is 4.44. The predicted octanol–water partition coefficient (Wildman–Crippen LogP) is 1.77. The quantitative estimate of drug-likeness (QED) is 0.864. The summed E-state index contributed by atoms with van der Waals surface area (Å²) in [5.74, 6) is 1.17. The van der Waals surface area contributed by atoms with E-state index >= 15 is 0 Å². The van der Waals surface area contributed by atoms with E-state index in [4.69, 9.17) is 0 Å². The molecule has 0 spiro atoms. The van der Waals surface area contributed by atoms with Crippen molar-refractivity contribution in [2.45, 2.75) is 51.7 Å². The van der Waals surface area contributed by atoms with E-state index in [-0.39, 0.29) is 0 Å². The number of aryl methyl sites for hydroxylation is 1. The van der Waals surface area contributed by atoms with Crippen molar-refractivity contribution in [2.75, 3.05) is 13.1 Å². The van der Waals surface area contributed by atoms with Crippen molar-refractivity contribution >= 4 is 0 Å². The number of imidazole rings is 1. The molecule has 1 atom stereocenters. The van der Waals surface area contributed by atoms with Crippen LogP contribution in [-0.2, 0) is 13.6 Å². The van der Waals surface area contributed by atoms with Crippen LogP contribution in [-0.4, -0.2) is 39.6 Å². The van der Waals surface area contributed by atoms with E-state index in [0.717, 1.165) is 13.1 Å². The molecule has 0 amide bonds. The minimum atomic E-state index is 0.571. The van der Waals surface area contributed by atoms with Crippen molar-refractivity contribution in [1.82, 2.24) is 19.8 Å². The van der Waals surface area contributed by atoms with Crippen LogP contribution >= 0.6 is 0 Å². The van der Waals surface area contributed by atoms with Gasteiger partial charge in [-0.1, -0.05) is 20.3 Å². The number of likely N-dealkylation sites (tertiary alicyclic amines) is 1. The van der Waals surface area contributed by atoms with Crippen LogP contribution in [0.4, 0.5) is 0 Å². The lowest BCUT2D eigenvalue weighted by atomic mass is 10.0. The van der Waals surface area contributed by atoms with Crippen LogP contribution in [0.25, 0.3) is 0 Å². The molecular weight excluding hydrogens is 224 g/mol. The molecule has 0 bridgehead atoms. The molecule has 1 aliphatic rings. The second kappa shape index (κ2) is 6.34. The van der Waals surface area contributed by atoms with E-state index in [0.29, 0.717) is 12.1 Å². The van der Waals surface area contributed by atoms with Crippen molar-refractivity contribution in [3.05, 3.63) is 18.2 Å². The highest BCUT2D eigenvalue weighted by molar-refractivity contribution is 4.93. The van der Waals surface area contributed by atoms with Gasteiger partial charge in [0.2, 0.25) is 0 Å². The smallest absolute Gasteiger partial charge is 0.122 e. The predicted molar refractivity (Wildman–Crippen MR) is 74.4 cm³/mol. The van der Waals surface area contributed by atoms with Crippen LogP contribution in [0.15, 0.2) is 12.4 Å². The summed E-state index contributed by atoms with van der Waals surface area (Å²) in [6, 6.07) is 1.24. The van der Waals surface area contributed by atoms with Gasteiger partial charge in [-0.2, -0.15) is 0 Å². The Morgan fingerprint density at radius 1 is 1.44 bits per heavy atom. The summed E-state index contributed by atoms with van der Waals surface area (Å²) in [4.78, 5) is 7.02. The molecule has 1 fully saturated rings. The highest BCUT2D eigenvalue weighted by Gasteiger charge is 2.23. The highest BCUT2D eigenvalue weighted by Crippen LogP contribution is 2.18. The van der Waals surface area contributed by atoms with Gasteiger partial charge in [-0.15, -0.1) is 0 Å². The van der Waals surface area contributed by atoms with E-state index in [1.54, 1.807) is 0 Å². The first-order valence-electron chi connectivity index (χ1n) is 7.10. The Balaban J connectivity index is 1.93. The molecule has 18 heavy (non-hydrogen) atoms. The molecule has 1 aromatic rings. The molecule has 1 aromatic heterocycles. The van der Waals surface area contributed by atoms with Gasteiger partial charge in [-0.3, -0.25) is 4.90 Å². The third-order valence-corrected chi connectivity index (χ3v) is 3.78. The monoisotopic (exact) mass is 250 g/mol.